The van der Waals surface area contributed by atoms with Gasteiger partial charge in [-0.3, -0.25) is 0 Å². The Morgan fingerprint density at radius 1 is 0.512 bits per heavy atom. The maximum atomic E-state index is 11.8. The first-order chi connectivity index (χ1) is 20.1. The van der Waals surface area contributed by atoms with E-state index in [1.807, 2.05) is 0 Å². The standard InChI is InChI=1S/C36H52N2.2BrH.Ni/c1-5-9-13-15-19-33-34(20-16-14-10-6-2)36(32-27-23-30(24-28-32)18-12-8-4)38(37)35(33)31-25-21-29(22-26-31)17-11-7-3;;;/h21-28H,5-20H2,1-4H3;2*1H;/q;;;+2/p-2. The summed E-state index contributed by atoms with van der Waals surface area (Å²) in [4.78, 5) is 0. The Kier molecular flexibility index (Phi) is 19.1. The van der Waals surface area contributed by atoms with Crippen LogP contribution in [0.5, 0.6) is 0 Å². The molecule has 1 heterocycles. The summed E-state index contributed by atoms with van der Waals surface area (Å²) in [6.45, 7) is 9.05. The zero-order chi connectivity index (χ0) is 29.9. The van der Waals surface area contributed by atoms with Crippen LogP contribution in [0.3, 0.4) is 0 Å². The molecule has 1 aliphatic rings. The van der Waals surface area contributed by atoms with Gasteiger partial charge in [0.1, 0.15) is 0 Å². The van der Waals surface area contributed by atoms with Gasteiger partial charge in [0.25, 0.3) is 0 Å². The monoisotopic (exact) mass is 728 g/mol. The number of unbranched alkanes of at least 4 members (excludes halogenated alkanes) is 8. The first kappa shape index (κ1) is 36.2. The van der Waals surface area contributed by atoms with Gasteiger partial charge in [-0.15, -0.1) is 0 Å². The fraction of sp³-hybridized carbons (Fsp3) is 0.556. The van der Waals surface area contributed by atoms with Gasteiger partial charge in [0.05, 0.1) is 0 Å². The number of halogens is 2. The summed E-state index contributed by atoms with van der Waals surface area (Å²) in [5, 5.41) is 0. The van der Waals surface area contributed by atoms with Crippen molar-refractivity contribution < 1.29 is 15.6 Å². The van der Waals surface area contributed by atoms with Crippen LogP contribution in [-0.2, 0) is 23.7 Å². The van der Waals surface area contributed by atoms with Gasteiger partial charge in [-0.05, 0) is 86.8 Å². The molecule has 0 spiro atoms. The van der Waals surface area contributed by atoms with Gasteiger partial charge < -0.3 is 5.53 Å². The second-order valence-electron chi connectivity index (χ2n) is 11.2. The third-order valence-electron chi connectivity index (χ3n) is 8.01. The number of nitrogens with zero attached hydrogens (tertiary/aromatic N) is 2. The summed E-state index contributed by atoms with van der Waals surface area (Å²) in [5.41, 5.74) is 21.7. The normalized spacial score (nSPS) is 13.3. The predicted octanol–water partition coefficient (Wildman–Crippen LogP) is 13.2. The van der Waals surface area contributed by atoms with E-state index in [0.29, 0.717) is 0 Å². The molecule has 41 heavy (non-hydrogen) atoms. The zero-order valence-corrected chi connectivity index (χ0v) is 30.1. The van der Waals surface area contributed by atoms with Crippen molar-refractivity contribution in [2.24, 2.45) is 0 Å². The molecule has 2 aromatic carbocycles. The Balaban J connectivity index is 0.00000187. The molecule has 2 aromatic rings. The average molecular weight is 731 g/mol. The minimum atomic E-state index is 1.01. The molecule has 230 valence electrons. The summed E-state index contributed by atoms with van der Waals surface area (Å²) in [6, 6.07) is 18.0. The molecule has 3 rings (SSSR count). The van der Waals surface area contributed by atoms with Crippen LogP contribution in [0.25, 0.3) is 16.9 Å². The van der Waals surface area contributed by atoms with Crippen LogP contribution in [0.2, 0.25) is 0 Å². The van der Waals surface area contributed by atoms with E-state index in [2.05, 4.69) is 105 Å². The van der Waals surface area contributed by atoms with E-state index in [-0.39, 0.29) is 0 Å². The Bertz CT molecular complexity index is 1000. The van der Waals surface area contributed by atoms with Crippen molar-refractivity contribution in [1.29, 1.82) is 0 Å². The first-order valence-corrected chi connectivity index (χ1v) is 20.9. The fourth-order valence-corrected chi connectivity index (χ4v) is 5.66. The van der Waals surface area contributed by atoms with E-state index >= 15 is 0 Å². The van der Waals surface area contributed by atoms with Crippen molar-refractivity contribution in [1.82, 2.24) is 0 Å². The summed E-state index contributed by atoms with van der Waals surface area (Å²) < 4.78 is 1.55. The number of hydrogen-bond donors (Lipinski definition) is 0. The average Bonchev–Trinajstić information content (AvgIpc) is 3.26. The van der Waals surface area contributed by atoms with Crippen molar-refractivity contribution in [2.75, 3.05) is 0 Å². The number of hydrogen-bond acceptors (Lipinski definition) is 0. The van der Waals surface area contributed by atoms with Crippen molar-refractivity contribution >= 4 is 39.8 Å². The fourth-order valence-electron chi connectivity index (χ4n) is 5.66. The van der Waals surface area contributed by atoms with Crippen LogP contribution in [0, 0.1) is 0 Å². The van der Waals surface area contributed by atoms with Crippen LogP contribution in [-0.4, -0.2) is 4.70 Å². The Morgan fingerprint density at radius 2 is 0.854 bits per heavy atom. The quantitative estimate of drug-likeness (QED) is 0.0829. The summed E-state index contributed by atoms with van der Waals surface area (Å²) >= 11 is 6.00. The van der Waals surface area contributed by atoms with Gasteiger partial charge in [0, 0.05) is 22.3 Å². The van der Waals surface area contributed by atoms with E-state index in [1.165, 1.54) is 110 Å². The van der Waals surface area contributed by atoms with E-state index in [1.54, 1.807) is 4.70 Å². The van der Waals surface area contributed by atoms with Gasteiger partial charge in [-0.1, -0.05) is 103 Å². The summed E-state index contributed by atoms with van der Waals surface area (Å²) in [7, 11) is 1.25. The van der Waals surface area contributed by atoms with Gasteiger partial charge in [0.15, 0.2) is 0 Å². The van der Waals surface area contributed by atoms with Crippen molar-refractivity contribution in [3.05, 3.63) is 87.5 Å². The third-order valence-corrected chi connectivity index (χ3v) is 8.01. The summed E-state index contributed by atoms with van der Waals surface area (Å²) in [5.74, 6) is 0. The minimum absolute atomic E-state index is 1.01. The maximum absolute atomic E-state index is 11.8. The third kappa shape index (κ3) is 11.9. The molecule has 0 saturated carbocycles. The second-order valence-corrected chi connectivity index (χ2v) is 16.2. The molecule has 0 aliphatic carbocycles. The molecule has 0 saturated heterocycles. The number of aryl methyl sites for hydroxylation is 2. The predicted molar refractivity (Wildman–Crippen MR) is 183 cm³/mol. The topological polar surface area (TPSA) is 25.3 Å². The Labute approximate surface area is 271 Å². The zero-order valence-electron chi connectivity index (χ0n) is 25.9. The molecule has 0 unspecified atom stereocenters. The molecule has 2 nitrogen and oxygen atoms in total. The van der Waals surface area contributed by atoms with Gasteiger partial charge in [0.2, 0.25) is 11.4 Å². The van der Waals surface area contributed by atoms with Gasteiger partial charge in [-0.25, -0.2) is 4.70 Å². The van der Waals surface area contributed by atoms with Crippen molar-refractivity contribution in [2.45, 2.75) is 130 Å². The van der Waals surface area contributed by atoms with Crippen LogP contribution in [0.4, 0.5) is 0 Å². The molecule has 5 heteroatoms. The molecule has 0 atom stereocenters. The summed E-state index contributed by atoms with van der Waals surface area (Å²) in [6.07, 6.45) is 19.1. The van der Waals surface area contributed by atoms with E-state index in [0.717, 1.165) is 48.2 Å². The van der Waals surface area contributed by atoms with E-state index in [4.69, 9.17) is 0 Å². The van der Waals surface area contributed by atoms with Crippen LogP contribution in [0.15, 0.2) is 59.7 Å². The van der Waals surface area contributed by atoms with E-state index in [9.17, 15) is 5.53 Å². The number of rotatable bonds is 18. The molecule has 0 fully saturated rings. The van der Waals surface area contributed by atoms with Crippen molar-refractivity contribution in [3.8, 4) is 0 Å². The molecular formula is C36H52Br2N2Ni. The number of allylic oxidation sites excluding steroid dienone is 2. The van der Waals surface area contributed by atoms with Crippen molar-refractivity contribution in [3.63, 3.8) is 0 Å². The molecule has 0 bridgehead atoms. The second kappa shape index (κ2) is 21.6. The van der Waals surface area contributed by atoms with Crippen LogP contribution in [0.1, 0.15) is 140 Å². The molecule has 0 radical (unpaired) electrons. The first-order valence-electron chi connectivity index (χ1n) is 16.0. The molecule has 0 aromatic heterocycles. The molecule has 1 aliphatic heterocycles. The molecule has 0 N–H and O–H groups in total. The Hall–Kier alpha value is -1.03. The van der Waals surface area contributed by atoms with E-state index < -0.39 is 0 Å². The van der Waals surface area contributed by atoms with Gasteiger partial charge >= 0.3 is 39.3 Å². The Morgan fingerprint density at radius 3 is 1.17 bits per heavy atom. The van der Waals surface area contributed by atoms with Crippen LogP contribution >= 0.6 is 28.5 Å². The number of benzene rings is 2. The van der Waals surface area contributed by atoms with Crippen LogP contribution < -0.4 is 0 Å². The van der Waals surface area contributed by atoms with Gasteiger partial charge in [-0.2, -0.15) is 0 Å². The molecule has 0 amide bonds. The SMILES string of the molecule is CCCCCCC1=C(c2ccc(CCCC)cc2)[N+](=[N-])C(c2ccc(CCCC)cc2)=C1CCCCCC.[Br][Ni][Br]. The molecular weight excluding hydrogens is 679 g/mol.